The third-order valence-electron chi connectivity index (χ3n) is 3.27. The first kappa shape index (κ1) is 11.0. The Morgan fingerprint density at radius 2 is 2.12 bits per heavy atom. The predicted octanol–water partition coefficient (Wildman–Crippen LogP) is 1.74. The van der Waals surface area contributed by atoms with Crippen molar-refractivity contribution in [2.75, 3.05) is 10.6 Å². The molecule has 2 heterocycles. The molecule has 0 saturated heterocycles. The number of aromatic nitrogens is 2. The van der Waals surface area contributed by atoms with Crippen LogP contribution in [0.5, 0.6) is 0 Å². The molecular weight excluding hydrogens is 204 g/mol. The first-order valence-electron chi connectivity index (χ1n) is 5.69. The molecule has 1 aromatic rings. The van der Waals surface area contributed by atoms with Crippen LogP contribution in [0.15, 0.2) is 0 Å². The number of anilines is 2. The van der Waals surface area contributed by atoms with Crippen LogP contribution in [0.4, 0.5) is 11.5 Å². The first-order chi connectivity index (χ1) is 7.51. The average Bonchev–Trinajstić information content (AvgIpc) is 2.56. The van der Waals surface area contributed by atoms with Crippen molar-refractivity contribution in [3.63, 3.8) is 0 Å². The molecule has 1 aliphatic heterocycles. The molecule has 5 nitrogen and oxygen atoms in total. The molecule has 2 N–H and O–H groups in total. The standard InChI is InChI=1S/C11H18N4O/c1-5-11(4)10(16)12-8-7(3)14-15(6-2)9(8)13-11/h13H,5-6H2,1-4H3,(H,12,16). The highest BCUT2D eigenvalue weighted by atomic mass is 16.2. The summed E-state index contributed by atoms with van der Waals surface area (Å²) in [4.78, 5) is 11.9. The lowest BCUT2D eigenvalue weighted by Gasteiger charge is -2.34. The van der Waals surface area contributed by atoms with Gasteiger partial charge in [0.15, 0.2) is 0 Å². The summed E-state index contributed by atoms with van der Waals surface area (Å²) in [6.07, 6.45) is 0.742. The second kappa shape index (κ2) is 3.50. The summed E-state index contributed by atoms with van der Waals surface area (Å²) >= 11 is 0. The number of nitrogens with one attached hydrogen (secondary N) is 2. The number of aryl methyl sites for hydroxylation is 2. The molecule has 5 heteroatoms. The highest BCUT2D eigenvalue weighted by Crippen LogP contribution is 2.34. The average molecular weight is 222 g/mol. The zero-order valence-electron chi connectivity index (χ0n) is 10.2. The van der Waals surface area contributed by atoms with E-state index in [1.54, 1.807) is 0 Å². The molecule has 1 aliphatic rings. The van der Waals surface area contributed by atoms with Gasteiger partial charge in [-0.05, 0) is 27.2 Å². The van der Waals surface area contributed by atoms with Gasteiger partial charge in [-0.15, -0.1) is 0 Å². The van der Waals surface area contributed by atoms with E-state index >= 15 is 0 Å². The third kappa shape index (κ3) is 1.38. The second-order valence-corrected chi connectivity index (χ2v) is 4.39. The molecule has 1 amide bonds. The van der Waals surface area contributed by atoms with Crippen molar-refractivity contribution < 1.29 is 4.79 Å². The summed E-state index contributed by atoms with van der Waals surface area (Å²) in [7, 11) is 0. The third-order valence-corrected chi connectivity index (χ3v) is 3.27. The van der Waals surface area contributed by atoms with E-state index in [9.17, 15) is 4.79 Å². The highest BCUT2D eigenvalue weighted by molar-refractivity contribution is 6.05. The Morgan fingerprint density at radius 3 is 2.69 bits per heavy atom. The fourth-order valence-electron chi connectivity index (χ4n) is 1.91. The zero-order valence-corrected chi connectivity index (χ0v) is 10.2. The summed E-state index contributed by atoms with van der Waals surface area (Å²) in [6, 6.07) is 0. The Kier molecular flexibility index (Phi) is 2.40. The molecule has 0 spiro atoms. The van der Waals surface area contributed by atoms with Crippen molar-refractivity contribution >= 4 is 17.4 Å². The SMILES string of the molecule is CCn1nc(C)c2c1NC(C)(CC)C(=O)N2. The van der Waals surface area contributed by atoms with Crippen LogP contribution < -0.4 is 10.6 Å². The van der Waals surface area contributed by atoms with Crippen LogP contribution >= 0.6 is 0 Å². The lowest BCUT2D eigenvalue weighted by Crippen LogP contribution is -2.50. The van der Waals surface area contributed by atoms with Gasteiger partial charge < -0.3 is 10.6 Å². The van der Waals surface area contributed by atoms with Crippen molar-refractivity contribution in [1.82, 2.24) is 9.78 Å². The number of hydrogen-bond donors (Lipinski definition) is 2. The summed E-state index contributed by atoms with van der Waals surface area (Å²) in [5, 5.41) is 10.6. The molecule has 0 radical (unpaired) electrons. The van der Waals surface area contributed by atoms with Gasteiger partial charge in [0.2, 0.25) is 5.91 Å². The predicted molar refractivity (Wildman–Crippen MR) is 63.6 cm³/mol. The minimum absolute atomic E-state index is 0.0150. The Morgan fingerprint density at radius 1 is 1.44 bits per heavy atom. The van der Waals surface area contributed by atoms with Crippen molar-refractivity contribution in [2.45, 2.75) is 46.2 Å². The van der Waals surface area contributed by atoms with Crippen LogP contribution in [0.25, 0.3) is 0 Å². The largest absolute Gasteiger partial charge is 0.355 e. The molecule has 0 fully saturated rings. The van der Waals surface area contributed by atoms with Gasteiger partial charge in [-0.1, -0.05) is 6.92 Å². The number of nitrogens with zero attached hydrogens (tertiary/aromatic N) is 2. The molecule has 16 heavy (non-hydrogen) atoms. The van der Waals surface area contributed by atoms with Crippen molar-refractivity contribution in [3.05, 3.63) is 5.69 Å². The van der Waals surface area contributed by atoms with Crippen LogP contribution in [0.3, 0.4) is 0 Å². The van der Waals surface area contributed by atoms with Crippen molar-refractivity contribution in [1.29, 1.82) is 0 Å². The Labute approximate surface area is 95.2 Å². The monoisotopic (exact) mass is 222 g/mol. The molecule has 1 aromatic heterocycles. The Balaban J connectivity index is 2.49. The van der Waals surface area contributed by atoms with Gasteiger partial charge in [0, 0.05) is 6.54 Å². The fraction of sp³-hybridized carbons (Fsp3) is 0.636. The number of hydrogen-bond acceptors (Lipinski definition) is 3. The Bertz CT molecular complexity index is 437. The number of carbonyl (C=O) groups is 1. The summed E-state index contributed by atoms with van der Waals surface area (Å²) in [6.45, 7) is 8.64. The van der Waals surface area contributed by atoms with Gasteiger partial charge in [0.1, 0.15) is 17.0 Å². The molecular formula is C11H18N4O. The van der Waals surface area contributed by atoms with E-state index in [1.165, 1.54) is 0 Å². The molecule has 0 aromatic carbocycles. The second-order valence-electron chi connectivity index (χ2n) is 4.39. The maximum absolute atomic E-state index is 11.9. The quantitative estimate of drug-likeness (QED) is 0.801. The highest BCUT2D eigenvalue weighted by Gasteiger charge is 2.38. The minimum Gasteiger partial charge on any atom is -0.355 e. The molecule has 1 atom stereocenters. The lowest BCUT2D eigenvalue weighted by atomic mass is 9.95. The van der Waals surface area contributed by atoms with Gasteiger partial charge >= 0.3 is 0 Å². The van der Waals surface area contributed by atoms with E-state index in [2.05, 4.69) is 15.7 Å². The van der Waals surface area contributed by atoms with Gasteiger partial charge in [0.05, 0.1) is 5.69 Å². The van der Waals surface area contributed by atoms with E-state index in [-0.39, 0.29) is 5.91 Å². The van der Waals surface area contributed by atoms with E-state index in [1.807, 2.05) is 32.4 Å². The summed E-state index contributed by atoms with van der Waals surface area (Å²) in [5.74, 6) is 0.935. The van der Waals surface area contributed by atoms with Crippen LogP contribution in [0, 0.1) is 6.92 Å². The van der Waals surface area contributed by atoms with Crippen LogP contribution in [-0.2, 0) is 11.3 Å². The van der Waals surface area contributed by atoms with E-state index in [4.69, 9.17) is 0 Å². The fourth-order valence-corrected chi connectivity index (χ4v) is 1.91. The van der Waals surface area contributed by atoms with Gasteiger partial charge in [-0.2, -0.15) is 5.10 Å². The molecule has 0 bridgehead atoms. The van der Waals surface area contributed by atoms with Crippen LogP contribution in [0.2, 0.25) is 0 Å². The number of fused-ring (bicyclic) bond motifs is 1. The molecule has 1 unspecified atom stereocenters. The summed E-state index contributed by atoms with van der Waals surface area (Å²) in [5.41, 5.74) is 1.14. The molecule has 2 rings (SSSR count). The van der Waals surface area contributed by atoms with E-state index < -0.39 is 5.54 Å². The van der Waals surface area contributed by atoms with Crippen LogP contribution in [-0.4, -0.2) is 21.2 Å². The number of amides is 1. The minimum atomic E-state index is -0.535. The number of rotatable bonds is 2. The molecule has 0 aliphatic carbocycles. The normalized spacial score (nSPS) is 23.6. The van der Waals surface area contributed by atoms with Crippen LogP contribution in [0.1, 0.15) is 32.9 Å². The van der Waals surface area contributed by atoms with E-state index in [0.29, 0.717) is 0 Å². The van der Waals surface area contributed by atoms with Gasteiger partial charge in [-0.25, -0.2) is 4.68 Å². The maximum Gasteiger partial charge on any atom is 0.249 e. The molecule has 0 saturated carbocycles. The van der Waals surface area contributed by atoms with Gasteiger partial charge in [-0.3, -0.25) is 4.79 Å². The van der Waals surface area contributed by atoms with Gasteiger partial charge in [0.25, 0.3) is 0 Å². The topological polar surface area (TPSA) is 59.0 Å². The summed E-state index contributed by atoms with van der Waals surface area (Å²) < 4.78 is 1.89. The molecule has 88 valence electrons. The zero-order chi connectivity index (χ0) is 11.9. The smallest absolute Gasteiger partial charge is 0.249 e. The number of carbonyl (C=O) groups excluding carboxylic acids is 1. The maximum atomic E-state index is 11.9. The van der Waals surface area contributed by atoms with E-state index in [0.717, 1.165) is 30.2 Å². The lowest BCUT2D eigenvalue weighted by molar-refractivity contribution is -0.120. The first-order valence-corrected chi connectivity index (χ1v) is 5.69. The van der Waals surface area contributed by atoms with Crippen molar-refractivity contribution in [3.8, 4) is 0 Å². The Hall–Kier alpha value is -1.52. The van der Waals surface area contributed by atoms with Crippen molar-refractivity contribution in [2.24, 2.45) is 0 Å².